The second kappa shape index (κ2) is 6.55. The number of fused-ring (bicyclic) bond motifs is 1. The first kappa shape index (κ1) is 13.8. The average molecular weight is 266 g/mol. The van der Waals surface area contributed by atoms with Gasteiger partial charge in [0.2, 0.25) is 0 Å². The molecule has 0 amide bonds. The molecule has 0 aromatic heterocycles. The fourth-order valence-electron chi connectivity index (χ4n) is 4.55. The van der Waals surface area contributed by atoms with E-state index in [0.717, 1.165) is 31.8 Å². The van der Waals surface area contributed by atoms with Gasteiger partial charge in [-0.25, -0.2) is 0 Å². The van der Waals surface area contributed by atoms with E-state index in [1.54, 1.807) is 0 Å². The molecule has 110 valence electrons. The van der Waals surface area contributed by atoms with Gasteiger partial charge in [-0.05, 0) is 38.6 Å². The van der Waals surface area contributed by atoms with Gasteiger partial charge in [0.15, 0.2) is 0 Å². The van der Waals surface area contributed by atoms with Crippen LogP contribution in [0, 0.1) is 0 Å². The van der Waals surface area contributed by atoms with Crippen LogP contribution in [0.4, 0.5) is 0 Å². The third-order valence-corrected chi connectivity index (χ3v) is 5.40. The summed E-state index contributed by atoms with van der Waals surface area (Å²) in [5, 5.41) is 3.77. The van der Waals surface area contributed by atoms with E-state index in [2.05, 4.69) is 17.1 Å². The van der Waals surface area contributed by atoms with Gasteiger partial charge in [-0.1, -0.05) is 26.2 Å². The molecule has 3 nitrogen and oxygen atoms in total. The Morgan fingerprint density at radius 2 is 1.84 bits per heavy atom. The standard InChI is InChI=1S/C16H30N2O/c1-2-17-13-7-4-3-5-8-14(13)18-11-12-19-16-10-6-9-15(16)18/h13-17H,2-12H2,1H3. The van der Waals surface area contributed by atoms with Gasteiger partial charge >= 0.3 is 0 Å². The van der Waals surface area contributed by atoms with E-state index in [9.17, 15) is 0 Å². The third kappa shape index (κ3) is 2.98. The zero-order chi connectivity index (χ0) is 13.1. The molecule has 3 rings (SSSR count). The summed E-state index contributed by atoms with van der Waals surface area (Å²) < 4.78 is 5.99. The molecule has 2 saturated carbocycles. The van der Waals surface area contributed by atoms with Crippen LogP contribution in [-0.2, 0) is 4.74 Å². The van der Waals surface area contributed by atoms with Gasteiger partial charge in [0.25, 0.3) is 0 Å². The minimum Gasteiger partial charge on any atom is -0.375 e. The molecule has 1 heterocycles. The molecule has 1 N–H and O–H groups in total. The lowest BCUT2D eigenvalue weighted by Crippen LogP contribution is -2.58. The Labute approximate surface area is 118 Å². The maximum Gasteiger partial charge on any atom is 0.0731 e. The summed E-state index contributed by atoms with van der Waals surface area (Å²) in [6.07, 6.45) is 11.6. The molecule has 3 fully saturated rings. The summed E-state index contributed by atoms with van der Waals surface area (Å²) in [4.78, 5) is 2.83. The van der Waals surface area contributed by atoms with E-state index < -0.39 is 0 Å². The van der Waals surface area contributed by atoms with Crippen LogP contribution in [-0.4, -0.2) is 48.8 Å². The van der Waals surface area contributed by atoms with Crippen molar-refractivity contribution in [2.75, 3.05) is 19.7 Å². The van der Waals surface area contributed by atoms with Gasteiger partial charge < -0.3 is 10.1 Å². The van der Waals surface area contributed by atoms with Crippen LogP contribution in [0.3, 0.4) is 0 Å². The minimum atomic E-state index is 0.541. The summed E-state index contributed by atoms with van der Waals surface area (Å²) in [6.45, 7) is 5.48. The fourth-order valence-corrected chi connectivity index (χ4v) is 4.55. The SMILES string of the molecule is CCNC1CCCCCC1N1CCOC2CCCC21. The van der Waals surface area contributed by atoms with Gasteiger partial charge in [0.05, 0.1) is 12.7 Å². The van der Waals surface area contributed by atoms with Crippen LogP contribution in [0.5, 0.6) is 0 Å². The number of likely N-dealkylation sites (N-methyl/N-ethyl adjacent to an activating group) is 1. The van der Waals surface area contributed by atoms with Crippen molar-refractivity contribution in [2.24, 2.45) is 0 Å². The Kier molecular flexibility index (Phi) is 4.78. The van der Waals surface area contributed by atoms with Crippen molar-refractivity contribution in [2.45, 2.75) is 82.5 Å². The fraction of sp³-hybridized carbons (Fsp3) is 1.00. The number of nitrogens with zero attached hydrogens (tertiary/aromatic N) is 1. The third-order valence-electron chi connectivity index (χ3n) is 5.40. The maximum absolute atomic E-state index is 5.99. The Balaban J connectivity index is 1.72. The lowest BCUT2D eigenvalue weighted by Gasteiger charge is -2.45. The molecule has 0 bridgehead atoms. The van der Waals surface area contributed by atoms with Gasteiger partial charge in [0.1, 0.15) is 0 Å². The molecule has 0 radical (unpaired) electrons. The summed E-state index contributed by atoms with van der Waals surface area (Å²) in [5.74, 6) is 0. The molecule has 0 aromatic rings. The van der Waals surface area contributed by atoms with E-state index in [0.29, 0.717) is 12.1 Å². The molecule has 4 atom stereocenters. The second-order valence-electron chi connectivity index (χ2n) is 6.51. The number of ether oxygens (including phenoxy) is 1. The zero-order valence-corrected chi connectivity index (χ0v) is 12.4. The summed E-state index contributed by atoms with van der Waals surface area (Å²) in [7, 11) is 0. The Morgan fingerprint density at radius 3 is 2.74 bits per heavy atom. The molecule has 3 heteroatoms. The molecular formula is C16H30N2O. The lowest BCUT2D eigenvalue weighted by molar-refractivity contribution is -0.0778. The highest BCUT2D eigenvalue weighted by Crippen LogP contribution is 2.34. The van der Waals surface area contributed by atoms with Crippen molar-refractivity contribution in [1.82, 2.24) is 10.2 Å². The topological polar surface area (TPSA) is 24.5 Å². The smallest absolute Gasteiger partial charge is 0.0731 e. The van der Waals surface area contributed by atoms with Crippen LogP contribution < -0.4 is 5.32 Å². The Bertz CT molecular complexity index is 284. The Hall–Kier alpha value is -0.120. The maximum atomic E-state index is 5.99. The minimum absolute atomic E-state index is 0.541. The molecule has 4 unspecified atom stereocenters. The molecule has 19 heavy (non-hydrogen) atoms. The summed E-state index contributed by atoms with van der Waals surface area (Å²) >= 11 is 0. The molecular weight excluding hydrogens is 236 g/mol. The molecule has 3 aliphatic rings. The van der Waals surface area contributed by atoms with Crippen LogP contribution in [0.2, 0.25) is 0 Å². The van der Waals surface area contributed by atoms with E-state index in [1.165, 1.54) is 51.4 Å². The van der Waals surface area contributed by atoms with Crippen molar-refractivity contribution in [3.63, 3.8) is 0 Å². The van der Waals surface area contributed by atoms with E-state index in [1.807, 2.05) is 0 Å². The second-order valence-corrected chi connectivity index (χ2v) is 6.51. The number of hydrogen-bond donors (Lipinski definition) is 1. The first-order valence-electron chi connectivity index (χ1n) is 8.51. The predicted molar refractivity (Wildman–Crippen MR) is 78.4 cm³/mol. The average Bonchev–Trinajstić information content (AvgIpc) is 2.79. The molecule has 2 aliphatic carbocycles. The quantitative estimate of drug-likeness (QED) is 0.795. The van der Waals surface area contributed by atoms with E-state index in [-0.39, 0.29) is 0 Å². The van der Waals surface area contributed by atoms with Gasteiger partial charge in [-0.2, -0.15) is 0 Å². The van der Waals surface area contributed by atoms with Crippen molar-refractivity contribution < 1.29 is 4.74 Å². The molecule has 0 aromatic carbocycles. The highest BCUT2D eigenvalue weighted by atomic mass is 16.5. The normalized spacial score (nSPS) is 40.9. The monoisotopic (exact) mass is 266 g/mol. The Morgan fingerprint density at radius 1 is 1.00 bits per heavy atom. The van der Waals surface area contributed by atoms with Gasteiger partial charge in [-0.15, -0.1) is 0 Å². The highest BCUT2D eigenvalue weighted by molar-refractivity contribution is 4.96. The summed E-state index contributed by atoms with van der Waals surface area (Å²) in [5.41, 5.74) is 0. The van der Waals surface area contributed by atoms with Gasteiger partial charge in [-0.3, -0.25) is 4.90 Å². The first-order valence-corrected chi connectivity index (χ1v) is 8.51. The van der Waals surface area contributed by atoms with Crippen LogP contribution in [0.1, 0.15) is 58.3 Å². The van der Waals surface area contributed by atoms with Crippen LogP contribution in [0.15, 0.2) is 0 Å². The van der Waals surface area contributed by atoms with Crippen molar-refractivity contribution in [3.8, 4) is 0 Å². The van der Waals surface area contributed by atoms with Gasteiger partial charge in [0, 0.05) is 24.7 Å². The first-order chi connectivity index (χ1) is 9.40. The number of nitrogens with one attached hydrogen (secondary N) is 1. The molecule has 1 aliphatic heterocycles. The predicted octanol–water partition coefficient (Wildman–Crippen LogP) is 2.55. The highest BCUT2D eigenvalue weighted by Gasteiger charge is 2.41. The number of rotatable bonds is 3. The largest absolute Gasteiger partial charge is 0.375 e. The van der Waals surface area contributed by atoms with E-state index in [4.69, 9.17) is 4.74 Å². The van der Waals surface area contributed by atoms with Crippen LogP contribution >= 0.6 is 0 Å². The number of hydrogen-bond acceptors (Lipinski definition) is 3. The van der Waals surface area contributed by atoms with E-state index >= 15 is 0 Å². The van der Waals surface area contributed by atoms with Crippen molar-refractivity contribution in [3.05, 3.63) is 0 Å². The number of morpholine rings is 1. The molecule has 1 saturated heterocycles. The van der Waals surface area contributed by atoms with Crippen molar-refractivity contribution >= 4 is 0 Å². The molecule has 0 spiro atoms. The zero-order valence-electron chi connectivity index (χ0n) is 12.4. The summed E-state index contributed by atoms with van der Waals surface area (Å²) in [6, 6.07) is 2.20. The lowest BCUT2D eigenvalue weighted by atomic mass is 9.97. The van der Waals surface area contributed by atoms with Crippen molar-refractivity contribution in [1.29, 1.82) is 0 Å². The van der Waals surface area contributed by atoms with Crippen LogP contribution in [0.25, 0.3) is 0 Å².